The van der Waals surface area contributed by atoms with Gasteiger partial charge in [0.1, 0.15) is 6.07 Å². The predicted octanol–water partition coefficient (Wildman–Crippen LogP) is 2.72. The molecule has 0 amide bonds. The van der Waals surface area contributed by atoms with E-state index in [1.165, 1.54) is 25.9 Å². The summed E-state index contributed by atoms with van der Waals surface area (Å²) in [6.45, 7) is 4.42. The van der Waals surface area contributed by atoms with E-state index in [1.807, 2.05) is 12.1 Å². The Morgan fingerprint density at radius 3 is 2.76 bits per heavy atom. The highest BCUT2D eigenvalue weighted by Crippen LogP contribution is 2.20. The maximum Gasteiger partial charge on any atom is 0.101 e. The molecular formula is C13H16ClN3. The molecule has 1 saturated heterocycles. The number of hydrogen-bond acceptors (Lipinski definition) is 3. The summed E-state index contributed by atoms with van der Waals surface area (Å²) in [5.74, 6) is 0. The van der Waals surface area contributed by atoms with Crippen molar-refractivity contribution in [1.82, 2.24) is 4.90 Å². The van der Waals surface area contributed by atoms with E-state index >= 15 is 0 Å². The van der Waals surface area contributed by atoms with Crippen molar-refractivity contribution >= 4 is 17.3 Å². The lowest BCUT2D eigenvalue weighted by Crippen LogP contribution is -2.25. The Labute approximate surface area is 107 Å². The Morgan fingerprint density at radius 1 is 1.35 bits per heavy atom. The number of rotatable bonds is 4. The Balaban J connectivity index is 1.82. The molecule has 1 heterocycles. The van der Waals surface area contributed by atoms with Crippen LogP contribution in [-0.2, 0) is 0 Å². The highest BCUT2D eigenvalue weighted by molar-refractivity contribution is 6.32. The number of benzene rings is 1. The topological polar surface area (TPSA) is 39.1 Å². The van der Waals surface area contributed by atoms with Gasteiger partial charge in [0, 0.05) is 18.8 Å². The smallest absolute Gasteiger partial charge is 0.101 e. The molecule has 0 aromatic heterocycles. The Hall–Kier alpha value is -1.24. The van der Waals surface area contributed by atoms with E-state index in [9.17, 15) is 0 Å². The van der Waals surface area contributed by atoms with Gasteiger partial charge in [0.05, 0.1) is 10.6 Å². The quantitative estimate of drug-likeness (QED) is 0.892. The van der Waals surface area contributed by atoms with Gasteiger partial charge in [0.15, 0.2) is 0 Å². The number of nitrogens with one attached hydrogen (secondary N) is 1. The molecule has 0 unspecified atom stereocenters. The lowest BCUT2D eigenvalue weighted by atomic mass is 10.2. The van der Waals surface area contributed by atoms with Gasteiger partial charge in [-0.25, -0.2) is 0 Å². The largest absolute Gasteiger partial charge is 0.384 e. The average Bonchev–Trinajstić information content (AvgIpc) is 2.82. The zero-order chi connectivity index (χ0) is 12.1. The number of nitriles is 1. The molecule has 0 bridgehead atoms. The highest BCUT2D eigenvalue weighted by Gasteiger charge is 2.10. The fraction of sp³-hybridized carbons (Fsp3) is 0.462. The first-order valence-corrected chi connectivity index (χ1v) is 6.33. The van der Waals surface area contributed by atoms with E-state index in [0.717, 1.165) is 18.8 Å². The normalized spacial score (nSPS) is 15.8. The van der Waals surface area contributed by atoms with E-state index < -0.39 is 0 Å². The summed E-state index contributed by atoms with van der Waals surface area (Å²) in [5.41, 5.74) is 1.50. The van der Waals surface area contributed by atoms with Gasteiger partial charge in [-0.2, -0.15) is 5.26 Å². The average molecular weight is 250 g/mol. The maximum atomic E-state index is 8.77. The Bertz CT molecular complexity index is 419. The third-order valence-electron chi connectivity index (χ3n) is 3.05. The SMILES string of the molecule is N#Cc1ccc(NCCN2CCCC2)cc1Cl. The zero-order valence-electron chi connectivity index (χ0n) is 9.75. The molecular weight excluding hydrogens is 234 g/mol. The van der Waals surface area contributed by atoms with E-state index in [1.54, 1.807) is 6.07 Å². The fourth-order valence-corrected chi connectivity index (χ4v) is 2.30. The van der Waals surface area contributed by atoms with Crippen LogP contribution in [0.15, 0.2) is 18.2 Å². The molecule has 1 aliphatic heterocycles. The van der Waals surface area contributed by atoms with Crippen LogP contribution in [0.2, 0.25) is 5.02 Å². The minimum absolute atomic E-state index is 0.513. The van der Waals surface area contributed by atoms with Crippen molar-refractivity contribution in [3.8, 4) is 6.07 Å². The number of hydrogen-bond donors (Lipinski definition) is 1. The first-order valence-electron chi connectivity index (χ1n) is 5.95. The summed E-state index contributed by atoms with van der Waals surface area (Å²) in [5, 5.41) is 12.6. The molecule has 0 radical (unpaired) electrons. The van der Waals surface area contributed by atoms with Crippen molar-refractivity contribution in [1.29, 1.82) is 5.26 Å². The van der Waals surface area contributed by atoms with Crippen LogP contribution in [0, 0.1) is 11.3 Å². The van der Waals surface area contributed by atoms with Crippen LogP contribution in [0.25, 0.3) is 0 Å². The lowest BCUT2D eigenvalue weighted by molar-refractivity contribution is 0.352. The van der Waals surface area contributed by atoms with Crippen LogP contribution in [0.4, 0.5) is 5.69 Å². The first-order chi connectivity index (χ1) is 8.29. The molecule has 1 aromatic rings. The summed E-state index contributed by atoms with van der Waals surface area (Å²) >= 11 is 5.96. The molecule has 0 saturated carbocycles. The van der Waals surface area contributed by atoms with E-state index in [0.29, 0.717) is 10.6 Å². The number of nitrogens with zero attached hydrogens (tertiary/aromatic N) is 2. The van der Waals surface area contributed by atoms with Crippen LogP contribution >= 0.6 is 11.6 Å². The van der Waals surface area contributed by atoms with Crippen molar-refractivity contribution < 1.29 is 0 Å². The molecule has 3 nitrogen and oxygen atoms in total. The molecule has 4 heteroatoms. The summed E-state index contributed by atoms with van der Waals surface area (Å²) in [6, 6.07) is 7.51. The number of likely N-dealkylation sites (tertiary alicyclic amines) is 1. The summed E-state index contributed by atoms with van der Waals surface area (Å²) in [6.07, 6.45) is 2.64. The van der Waals surface area contributed by atoms with Gasteiger partial charge in [-0.05, 0) is 44.1 Å². The van der Waals surface area contributed by atoms with Crippen LogP contribution in [-0.4, -0.2) is 31.1 Å². The second kappa shape index (κ2) is 5.90. The molecule has 1 fully saturated rings. The van der Waals surface area contributed by atoms with Crippen LogP contribution in [0.3, 0.4) is 0 Å². The zero-order valence-corrected chi connectivity index (χ0v) is 10.5. The van der Waals surface area contributed by atoms with Crippen molar-refractivity contribution in [2.75, 3.05) is 31.5 Å². The molecule has 0 spiro atoms. The Kier molecular flexibility index (Phi) is 4.24. The minimum atomic E-state index is 0.513. The second-order valence-electron chi connectivity index (χ2n) is 4.28. The molecule has 90 valence electrons. The minimum Gasteiger partial charge on any atom is -0.384 e. The van der Waals surface area contributed by atoms with Crippen molar-refractivity contribution in [2.24, 2.45) is 0 Å². The van der Waals surface area contributed by atoms with Gasteiger partial charge in [-0.15, -0.1) is 0 Å². The number of anilines is 1. The highest BCUT2D eigenvalue weighted by atomic mass is 35.5. The standard InChI is InChI=1S/C13H16ClN3/c14-13-9-12(4-3-11(13)10-15)16-5-8-17-6-1-2-7-17/h3-4,9,16H,1-2,5-8H2. The van der Waals surface area contributed by atoms with Crippen molar-refractivity contribution in [3.05, 3.63) is 28.8 Å². The third kappa shape index (κ3) is 3.36. The molecule has 2 rings (SSSR count). The van der Waals surface area contributed by atoms with Crippen molar-refractivity contribution in [3.63, 3.8) is 0 Å². The van der Waals surface area contributed by atoms with Gasteiger partial charge in [-0.1, -0.05) is 11.6 Å². The van der Waals surface area contributed by atoms with E-state index in [4.69, 9.17) is 16.9 Å². The molecule has 17 heavy (non-hydrogen) atoms. The lowest BCUT2D eigenvalue weighted by Gasteiger charge is -2.15. The van der Waals surface area contributed by atoms with Crippen molar-refractivity contribution in [2.45, 2.75) is 12.8 Å². The molecule has 1 aliphatic rings. The fourth-order valence-electron chi connectivity index (χ4n) is 2.08. The third-order valence-corrected chi connectivity index (χ3v) is 3.36. The number of halogens is 1. The second-order valence-corrected chi connectivity index (χ2v) is 4.69. The molecule has 1 N–H and O–H groups in total. The van der Waals surface area contributed by atoms with Crippen LogP contribution < -0.4 is 5.32 Å². The maximum absolute atomic E-state index is 8.77. The van der Waals surface area contributed by atoms with Gasteiger partial charge >= 0.3 is 0 Å². The summed E-state index contributed by atoms with van der Waals surface area (Å²) in [4.78, 5) is 2.46. The molecule has 1 aromatic carbocycles. The van der Waals surface area contributed by atoms with Gasteiger partial charge < -0.3 is 10.2 Å². The van der Waals surface area contributed by atoms with Gasteiger partial charge in [-0.3, -0.25) is 0 Å². The predicted molar refractivity (Wildman–Crippen MR) is 70.3 cm³/mol. The van der Waals surface area contributed by atoms with Crippen LogP contribution in [0.5, 0.6) is 0 Å². The van der Waals surface area contributed by atoms with Gasteiger partial charge in [0.25, 0.3) is 0 Å². The monoisotopic (exact) mass is 249 g/mol. The molecule has 0 atom stereocenters. The van der Waals surface area contributed by atoms with Gasteiger partial charge in [0.2, 0.25) is 0 Å². The Morgan fingerprint density at radius 2 is 2.12 bits per heavy atom. The van der Waals surface area contributed by atoms with Crippen LogP contribution in [0.1, 0.15) is 18.4 Å². The summed E-state index contributed by atoms with van der Waals surface area (Å²) in [7, 11) is 0. The van der Waals surface area contributed by atoms with E-state index in [-0.39, 0.29) is 0 Å². The van der Waals surface area contributed by atoms with E-state index in [2.05, 4.69) is 16.3 Å². The first kappa shape index (κ1) is 12.2. The summed E-state index contributed by atoms with van der Waals surface area (Å²) < 4.78 is 0. The molecule has 0 aliphatic carbocycles.